The number of nitrogens with zero attached hydrogens (tertiary/aromatic N) is 1. The number of rotatable bonds is 4. The van der Waals surface area contributed by atoms with Crippen molar-refractivity contribution in [2.24, 2.45) is 5.92 Å². The Kier molecular flexibility index (Phi) is 4.94. The van der Waals surface area contributed by atoms with Crippen LogP contribution in [-0.2, 0) is 4.79 Å². The van der Waals surface area contributed by atoms with Crippen molar-refractivity contribution in [3.8, 4) is 0 Å². The van der Waals surface area contributed by atoms with Gasteiger partial charge in [0, 0.05) is 25.2 Å². The van der Waals surface area contributed by atoms with E-state index >= 15 is 0 Å². The first-order valence-corrected chi connectivity index (χ1v) is 8.59. The maximum Gasteiger partial charge on any atom is 0.236 e. The van der Waals surface area contributed by atoms with Gasteiger partial charge in [-0.3, -0.25) is 4.79 Å². The molecule has 2 N–H and O–H groups in total. The first-order valence-electron chi connectivity index (χ1n) is 8.59. The van der Waals surface area contributed by atoms with Crippen molar-refractivity contribution >= 4 is 5.91 Å². The lowest BCUT2D eigenvalue weighted by Crippen LogP contribution is -2.49. The van der Waals surface area contributed by atoms with Gasteiger partial charge in [-0.2, -0.15) is 0 Å². The molecule has 0 aromatic carbocycles. The summed E-state index contributed by atoms with van der Waals surface area (Å²) in [6, 6.07) is 1.24. The summed E-state index contributed by atoms with van der Waals surface area (Å²) in [6.45, 7) is 3.67. The minimum Gasteiger partial charge on any atom is -0.342 e. The lowest BCUT2D eigenvalue weighted by Gasteiger charge is -2.33. The van der Waals surface area contributed by atoms with Crippen LogP contribution in [0.1, 0.15) is 51.4 Å². The Hall–Kier alpha value is -0.610. The van der Waals surface area contributed by atoms with Gasteiger partial charge in [0.1, 0.15) is 0 Å². The number of carbonyl (C=O) groups excluding carboxylic acids is 1. The van der Waals surface area contributed by atoms with E-state index in [4.69, 9.17) is 0 Å². The second-order valence-corrected chi connectivity index (χ2v) is 6.73. The normalized spacial score (nSPS) is 34.6. The van der Waals surface area contributed by atoms with Gasteiger partial charge in [0.15, 0.2) is 0 Å². The molecule has 1 aliphatic carbocycles. The quantitative estimate of drug-likeness (QED) is 0.820. The van der Waals surface area contributed by atoms with Crippen molar-refractivity contribution < 1.29 is 4.79 Å². The van der Waals surface area contributed by atoms with E-state index in [0.717, 1.165) is 19.0 Å². The summed E-state index contributed by atoms with van der Waals surface area (Å²) < 4.78 is 0. The first-order chi connectivity index (χ1) is 9.84. The van der Waals surface area contributed by atoms with Crippen molar-refractivity contribution in [3.63, 3.8) is 0 Å². The first kappa shape index (κ1) is 14.3. The molecule has 3 rings (SSSR count). The zero-order chi connectivity index (χ0) is 13.8. The number of carbonyl (C=O) groups is 1. The van der Waals surface area contributed by atoms with Gasteiger partial charge in [-0.25, -0.2) is 0 Å². The van der Waals surface area contributed by atoms with E-state index in [1.165, 1.54) is 57.9 Å². The molecule has 0 spiro atoms. The molecule has 0 aromatic rings. The molecule has 2 saturated heterocycles. The van der Waals surface area contributed by atoms with Crippen LogP contribution in [0.25, 0.3) is 0 Å². The summed E-state index contributed by atoms with van der Waals surface area (Å²) in [4.78, 5) is 14.2. The third-order valence-electron chi connectivity index (χ3n) is 5.41. The molecule has 3 fully saturated rings. The maximum atomic E-state index is 12.1. The lowest BCUT2D eigenvalue weighted by molar-refractivity contribution is -0.129. The number of amides is 1. The van der Waals surface area contributed by atoms with Gasteiger partial charge in [-0.05, 0) is 51.0 Å². The Morgan fingerprint density at radius 3 is 2.65 bits per heavy atom. The minimum atomic E-state index is 0.310. The van der Waals surface area contributed by atoms with E-state index in [0.29, 0.717) is 24.5 Å². The van der Waals surface area contributed by atoms with Crippen molar-refractivity contribution in [2.45, 2.75) is 63.5 Å². The van der Waals surface area contributed by atoms with Crippen LogP contribution >= 0.6 is 0 Å². The highest BCUT2D eigenvalue weighted by atomic mass is 16.2. The molecule has 2 aliphatic heterocycles. The highest BCUT2D eigenvalue weighted by molar-refractivity contribution is 5.78. The van der Waals surface area contributed by atoms with E-state index in [1.807, 2.05) is 4.90 Å². The van der Waals surface area contributed by atoms with Crippen LogP contribution in [0, 0.1) is 5.92 Å². The third kappa shape index (κ3) is 3.34. The second kappa shape index (κ2) is 6.90. The van der Waals surface area contributed by atoms with Crippen LogP contribution in [-0.4, -0.2) is 49.1 Å². The Morgan fingerprint density at radius 2 is 1.90 bits per heavy atom. The smallest absolute Gasteiger partial charge is 0.236 e. The summed E-state index contributed by atoms with van der Waals surface area (Å²) >= 11 is 0. The van der Waals surface area contributed by atoms with Gasteiger partial charge in [0.05, 0.1) is 6.54 Å². The van der Waals surface area contributed by atoms with Crippen LogP contribution in [0.5, 0.6) is 0 Å². The Labute approximate surface area is 122 Å². The second-order valence-electron chi connectivity index (χ2n) is 6.73. The fourth-order valence-corrected chi connectivity index (χ4v) is 4.26. The van der Waals surface area contributed by atoms with Crippen LogP contribution in [0.3, 0.4) is 0 Å². The van der Waals surface area contributed by atoms with E-state index in [1.54, 1.807) is 0 Å². The summed E-state index contributed by atoms with van der Waals surface area (Å²) in [6.07, 6.45) is 10.3. The Balaban J connectivity index is 1.47. The van der Waals surface area contributed by atoms with Gasteiger partial charge in [-0.1, -0.05) is 12.8 Å². The van der Waals surface area contributed by atoms with Crippen molar-refractivity contribution in [2.75, 3.05) is 26.2 Å². The van der Waals surface area contributed by atoms with Gasteiger partial charge in [0.25, 0.3) is 0 Å². The van der Waals surface area contributed by atoms with Gasteiger partial charge in [-0.15, -0.1) is 0 Å². The number of hydrogen-bond acceptors (Lipinski definition) is 3. The number of piperidine rings is 1. The van der Waals surface area contributed by atoms with Crippen LogP contribution < -0.4 is 10.6 Å². The molecule has 114 valence electrons. The molecule has 0 aromatic heterocycles. The fourth-order valence-electron chi connectivity index (χ4n) is 4.26. The molecule has 1 saturated carbocycles. The number of likely N-dealkylation sites (tertiary alicyclic amines) is 1. The van der Waals surface area contributed by atoms with Crippen molar-refractivity contribution in [1.82, 2.24) is 15.5 Å². The van der Waals surface area contributed by atoms with Crippen LogP contribution in [0.15, 0.2) is 0 Å². The molecular weight excluding hydrogens is 250 g/mol. The average molecular weight is 279 g/mol. The molecular formula is C16H29N3O. The standard InChI is InChI=1S/C16H29N3O/c20-16(19-10-3-4-11-19)12-18-15-8-5-6-13(15)14-7-1-2-9-17-14/h13-15,17-18H,1-12H2. The van der Waals surface area contributed by atoms with E-state index in [-0.39, 0.29) is 0 Å². The summed E-state index contributed by atoms with van der Waals surface area (Å²) in [5.74, 6) is 1.05. The minimum absolute atomic E-state index is 0.310. The molecule has 3 unspecified atom stereocenters. The van der Waals surface area contributed by atoms with Crippen molar-refractivity contribution in [1.29, 1.82) is 0 Å². The third-order valence-corrected chi connectivity index (χ3v) is 5.41. The maximum absolute atomic E-state index is 12.1. The van der Waals surface area contributed by atoms with Crippen LogP contribution in [0.4, 0.5) is 0 Å². The fraction of sp³-hybridized carbons (Fsp3) is 0.938. The van der Waals surface area contributed by atoms with E-state index in [9.17, 15) is 4.79 Å². The van der Waals surface area contributed by atoms with Gasteiger partial charge in [0.2, 0.25) is 5.91 Å². The predicted molar refractivity (Wildman–Crippen MR) is 80.6 cm³/mol. The predicted octanol–water partition coefficient (Wildman–Crippen LogP) is 1.51. The average Bonchev–Trinajstić information content (AvgIpc) is 3.17. The SMILES string of the molecule is O=C(CNC1CCCC1C1CCCCN1)N1CCCC1. The van der Waals surface area contributed by atoms with E-state index < -0.39 is 0 Å². The van der Waals surface area contributed by atoms with Crippen LogP contribution in [0.2, 0.25) is 0 Å². The summed E-state index contributed by atoms with van der Waals surface area (Å²) in [5.41, 5.74) is 0. The van der Waals surface area contributed by atoms with Gasteiger partial charge >= 0.3 is 0 Å². The zero-order valence-electron chi connectivity index (χ0n) is 12.6. The molecule has 3 aliphatic rings. The molecule has 0 radical (unpaired) electrons. The number of nitrogens with one attached hydrogen (secondary N) is 2. The van der Waals surface area contributed by atoms with Crippen molar-refractivity contribution in [3.05, 3.63) is 0 Å². The largest absolute Gasteiger partial charge is 0.342 e. The molecule has 0 bridgehead atoms. The number of hydrogen-bond donors (Lipinski definition) is 2. The summed E-state index contributed by atoms with van der Waals surface area (Å²) in [7, 11) is 0. The van der Waals surface area contributed by atoms with E-state index in [2.05, 4.69) is 10.6 Å². The molecule has 20 heavy (non-hydrogen) atoms. The monoisotopic (exact) mass is 279 g/mol. The zero-order valence-corrected chi connectivity index (χ0v) is 12.6. The molecule has 2 heterocycles. The Bertz CT molecular complexity index is 322. The molecule has 3 atom stereocenters. The Morgan fingerprint density at radius 1 is 1.05 bits per heavy atom. The topological polar surface area (TPSA) is 44.4 Å². The lowest BCUT2D eigenvalue weighted by atomic mass is 9.88. The molecule has 1 amide bonds. The highest BCUT2D eigenvalue weighted by Crippen LogP contribution is 2.31. The molecule has 4 nitrogen and oxygen atoms in total. The molecule has 4 heteroatoms. The van der Waals surface area contributed by atoms with Gasteiger partial charge < -0.3 is 15.5 Å². The highest BCUT2D eigenvalue weighted by Gasteiger charge is 2.34. The summed E-state index contributed by atoms with van der Waals surface area (Å²) in [5, 5.41) is 7.27.